The maximum absolute atomic E-state index is 6.49. The molecule has 0 saturated heterocycles. The van der Waals surface area contributed by atoms with Crippen LogP contribution in [0.1, 0.15) is 0 Å². The summed E-state index contributed by atoms with van der Waals surface area (Å²) in [7, 11) is 0. The van der Waals surface area contributed by atoms with E-state index < -0.39 is 0 Å². The molecule has 2 nitrogen and oxygen atoms in total. The monoisotopic (exact) mass is 1020 g/mol. The van der Waals surface area contributed by atoms with Gasteiger partial charge >= 0.3 is 372 Å². The van der Waals surface area contributed by atoms with Crippen LogP contribution in [-0.2, 0) is 0 Å². The quantitative estimate of drug-likeness (QED) is 0.130. The fourth-order valence-corrected chi connectivity index (χ4v) is 15.7. The topological polar surface area (TPSA) is 26.3 Å². The first-order chi connectivity index (χ1) is 37.2. The fraction of sp³-hybridized carbons (Fsp3) is 0. The van der Waals surface area contributed by atoms with Gasteiger partial charge in [0, 0.05) is 0 Å². The molecule has 0 unspecified atom stereocenters. The van der Waals surface area contributed by atoms with Gasteiger partial charge in [0.05, 0.1) is 0 Å². The molecule has 17 rings (SSSR count). The summed E-state index contributed by atoms with van der Waals surface area (Å²) in [4.78, 5) is 0. The van der Waals surface area contributed by atoms with Crippen LogP contribution in [0.3, 0.4) is 0 Å². The van der Waals surface area contributed by atoms with Gasteiger partial charge in [-0.1, -0.05) is 54.6 Å². The van der Waals surface area contributed by atoms with Gasteiger partial charge in [0.1, 0.15) is 0 Å². The molecule has 3 heteroatoms. The van der Waals surface area contributed by atoms with Gasteiger partial charge in [0.2, 0.25) is 0 Å². The van der Waals surface area contributed by atoms with Crippen molar-refractivity contribution in [2.24, 2.45) is 0 Å². The Morgan fingerprint density at radius 3 is 1.08 bits per heavy atom. The Hall–Kier alpha value is -9.24. The molecule has 14 aromatic carbocycles. The first-order valence-corrected chi connectivity index (χ1v) is 27.4. The first kappa shape index (κ1) is 41.3. The molecule has 0 saturated carbocycles. The minimum absolute atomic E-state index is 0.0484. The summed E-state index contributed by atoms with van der Waals surface area (Å²) in [5, 5.41) is 22.2. The number of furan rings is 2. The van der Waals surface area contributed by atoms with E-state index in [9.17, 15) is 0 Å². The summed E-state index contributed by atoms with van der Waals surface area (Å²) in [6, 6.07) is 89.8. The predicted molar refractivity (Wildman–Crippen MR) is 320 cm³/mol. The average Bonchev–Trinajstić information content (AvgIpc) is 4.18. The molecule has 17 aromatic rings. The number of hydrogen-bond donors (Lipinski definition) is 0. The molecule has 3 aromatic heterocycles. The van der Waals surface area contributed by atoms with E-state index in [1.54, 1.807) is 0 Å². The Morgan fingerprint density at radius 2 is 0.613 bits per heavy atom. The Labute approximate surface area is 435 Å². The summed E-state index contributed by atoms with van der Waals surface area (Å²) in [5.74, 6) is 0. The van der Waals surface area contributed by atoms with E-state index in [2.05, 4.69) is 243 Å². The van der Waals surface area contributed by atoms with Crippen LogP contribution in [-0.4, -0.2) is 14.5 Å². The van der Waals surface area contributed by atoms with Crippen molar-refractivity contribution in [2.75, 3.05) is 0 Å². The van der Waals surface area contributed by atoms with E-state index in [-0.39, 0.29) is 14.5 Å². The van der Waals surface area contributed by atoms with Gasteiger partial charge < -0.3 is 0 Å². The summed E-state index contributed by atoms with van der Waals surface area (Å²) in [5.41, 5.74) is 13.7. The van der Waals surface area contributed by atoms with Crippen molar-refractivity contribution in [3.05, 3.63) is 243 Å². The molecule has 0 radical (unpaired) electrons. The van der Waals surface area contributed by atoms with E-state index in [0.717, 1.165) is 33.1 Å². The van der Waals surface area contributed by atoms with Gasteiger partial charge in [0.15, 0.2) is 0 Å². The Morgan fingerprint density at radius 1 is 0.240 bits per heavy atom. The third-order valence-electron chi connectivity index (χ3n) is 16.2. The van der Waals surface area contributed by atoms with Crippen molar-refractivity contribution in [3.63, 3.8) is 0 Å². The van der Waals surface area contributed by atoms with Crippen LogP contribution in [0, 0.1) is 0 Å². The molecule has 0 bridgehead atoms. The number of rotatable bonds is 4. The predicted octanol–water partition coefficient (Wildman–Crippen LogP) is 20.4. The molecular formula is C72H40O2Se. The summed E-state index contributed by atoms with van der Waals surface area (Å²) >= 11 is 0.0484. The van der Waals surface area contributed by atoms with Crippen molar-refractivity contribution < 1.29 is 8.83 Å². The third kappa shape index (κ3) is 5.91. The van der Waals surface area contributed by atoms with Gasteiger partial charge in [-0.15, -0.1) is 0 Å². The van der Waals surface area contributed by atoms with E-state index in [0.29, 0.717) is 0 Å². The van der Waals surface area contributed by atoms with Gasteiger partial charge in [-0.2, -0.15) is 0 Å². The van der Waals surface area contributed by atoms with Crippen molar-refractivity contribution in [1.82, 2.24) is 0 Å². The first-order valence-electron chi connectivity index (χ1n) is 25.7. The fourth-order valence-electron chi connectivity index (χ4n) is 13.0. The summed E-state index contributed by atoms with van der Waals surface area (Å²) in [6.07, 6.45) is 0. The summed E-state index contributed by atoms with van der Waals surface area (Å²) in [6.45, 7) is 0. The van der Waals surface area contributed by atoms with Crippen LogP contribution in [0.4, 0.5) is 0 Å². The molecule has 0 aliphatic heterocycles. The van der Waals surface area contributed by atoms with Gasteiger partial charge in [-0.05, 0) is 11.5 Å². The third-order valence-corrected chi connectivity index (χ3v) is 18.7. The van der Waals surface area contributed by atoms with Gasteiger partial charge in [0.25, 0.3) is 0 Å². The zero-order valence-corrected chi connectivity index (χ0v) is 42.0. The minimum atomic E-state index is 0.0484. The molecule has 0 fully saturated rings. The number of fused-ring (bicyclic) bond motifs is 17. The van der Waals surface area contributed by atoms with Crippen molar-refractivity contribution >= 4 is 142 Å². The molecule has 0 aliphatic rings. The molecule has 0 atom stereocenters. The van der Waals surface area contributed by atoms with Crippen molar-refractivity contribution in [1.29, 1.82) is 0 Å². The summed E-state index contributed by atoms with van der Waals surface area (Å²) < 4.78 is 15.8. The van der Waals surface area contributed by atoms with Gasteiger partial charge in [-0.3, -0.25) is 0 Å². The van der Waals surface area contributed by atoms with E-state index >= 15 is 0 Å². The molecule has 0 spiro atoms. The SMILES string of the molecule is c1ccc2c(c1)ccc1oc3ccc(-c4c5ccccc5c(-c5ccc6c(c5)[se]c5c(-c7c8ccccc8c(-c8ccc9oc%10ccc%11ccccc%11c%10c9c8)c8ccccc78)cccc56)c5ccccc45)cc3c12. The maximum atomic E-state index is 6.49. The van der Waals surface area contributed by atoms with Crippen LogP contribution >= 0.6 is 0 Å². The van der Waals surface area contributed by atoms with Crippen molar-refractivity contribution in [2.45, 2.75) is 0 Å². The van der Waals surface area contributed by atoms with Crippen LogP contribution in [0.5, 0.6) is 0 Å². The number of hydrogen-bond acceptors (Lipinski definition) is 2. The average molecular weight is 1020 g/mol. The van der Waals surface area contributed by atoms with E-state index in [1.807, 2.05) is 0 Å². The standard InChI is InChI=1S/C72H40O2Se/c1-3-16-46-41(14-1)29-36-63-70(46)59-38-43(31-34-61(59)73-63)66-49-18-5-7-20-51(49)68(52-21-8-6-19-50(52)66)45-28-33-48-57-26-13-27-58(72(57)75-65(48)40-45)69-55-24-11-9-22-53(55)67(54-23-10-12-25-56(54)69)44-32-35-62-60(39-44)71-47-17-4-2-15-42(47)30-37-64(71)74-62/h1-40H. The molecule has 3 heterocycles. The van der Waals surface area contributed by atoms with Crippen molar-refractivity contribution in [3.8, 4) is 44.5 Å². The Balaban J connectivity index is 0.852. The Bertz CT molecular complexity index is 5200. The van der Waals surface area contributed by atoms with Crippen LogP contribution in [0.15, 0.2) is 251 Å². The number of benzene rings is 14. The molecule has 0 aliphatic carbocycles. The second kappa shape index (κ2) is 15.6. The van der Waals surface area contributed by atoms with Crippen LogP contribution in [0.2, 0.25) is 0 Å². The molecule has 0 N–H and O–H groups in total. The molecule has 346 valence electrons. The van der Waals surface area contributed by atoms with E-state index in [4.69, 9.17) is 8.83 Å². The van der Waals surface area contributed by atoms with E-state index in [1.165, 1.54) is 139 Å². The second-order valence-corrected chi connectivity index (χ2v) is 22.3. The van der Waals surface area contributed by atoms with Crippen LogP contribution < -0.4 is 0 Å². The van der Waals surface area contributed by atoms with Crippen LogP contribution in [0.25, 0.3) is 172 Å². The molecule has 75 heavy (non-hydrogen) atoms. The molecular weight excluding hydrogens is 976 g/mol. The zero-order chi connectivity index (χ0) is 48.9. The van der Waals surface area contributed by atoms with Gasteiger partial charge in [-0.25, -0.2) is 0 Å². The Kier molecular flexibility index (Phi) is 8.60. The molecule has 0 amide bonds. The zero-order valence-electron chi connectivity index (χ0n) is 40.3. The normalized spacial score (nSPS) is 12.3. The second-order valence-electron chi connectivity index (χ2n) is 20.1.